The lowest BCUT2D eigenvalue weighted by atomic mass is 9.87. The molecule has 5 heteroatoms. The van der Waals surface area contributed by atoms with Crippen molar-refractivity contribution in [1.82, 2.24) is 0 Å². The number of hydrogen-bond acceptors (Lipinski definition) is 3. The number of benzene rings is 1. The summed E-state index contributed by atoms with van der Waals surface area (Å²) in [6, 6.07) is 8.06. The van der Waals surface area contributed by atoms with Gasteiger partial charge >= 0.3 is 5.97 Å². The monoisotopic (exact) mass is 319 g/mol. The molecule has 126 valence electrons. The molecule has 1 saturated heterocycles. The van der Waals surface area contributed by atoms with Gasteiger partial charge in [-0.25, -0.2) is 0 Å². The highest BCUT2D eigenvalue weighted by Gasteiger charge is 2.32. The average molecular weight is 319 g/mol. The Morgan fingerprint density at radius 2 is 1.96 bits per heavy atom. The van der Waals surface area contributed by atoms with Gasteiger partial charge in [-0.1, -0.05) is 32.9 Å². The number of carboxylic acids is 1. The average Bonchev–Trinajstić information content (AvgIpc) is 2.83. The first-order chi connectivity index (χ1) is 10.8. The van der Waals surface area contributed by atoms with E-state index in [-0.39, 0.29) is 30.4 Å². The van der Waals surface area contributed by atoms with Crippen molar-refractivity contribution in [3.8, 4) is 0 Å². The van der Waals surface area contributed by atoms with Gasteiger partial charge in [0.25, 0.3) is 0 Å². The number of rotatable bonds is 6. The normalized spacial score (nSPS) is 18.5. The van der Waals surface area contributed by atoms with Crippen molar-refractivity contribution in [1.29, 1.82) is 0 Å². The van der Waals surface area contributed by atoms with Crippen molar-refractivity contribution in [2.24, 2.45) is 0 Å². The Bertz CT molecular complexity index is 559. The van der Waals surface area contributed by atoms with Crippen LogP contribution in [0.15, 0.2) is 24.3 Å². The van der Waals surface area contributed by atoms with Crippen molar-refractivity contribution in [3.05, 3.63) is 29.8 Å². The van der Waals surface area contributed by atoms with Crippen molar-refractivity contribution in [3.63, 3.8) is 0 Å². The van der Waals surface area contributed by atoms with E-state index < -0.39 is 5.97 Å². The van der Waals surface area contributed by atoms with E-state index in [2.05, 4.69) is 32.9 Å². The van der Waals surface area contributed by atoms with Crippen LogP contribution in [0.5, 0.6) is 0 Å². The standard InChI is InChI=1S/C18H25NO4/c1-18(2,3)13-4-6-14(7-5-13)19-15(8-9-16(19)20)12-23-11-10-17(21)22/h4-7,15H,8-12H2,1-3H3,(H,21,22)/t15-/m1/s1. The second-order valence-corrected chi connectivity index (χ2v) is 6.97. The van der Waals surface area contributed by atoms with Gasteiger partial charge in [-0.05, 0) is 29.5 Å². The van der Waals surface area contributed by atoms with Crippen molar-refractivity contribution >= 4 is 17.6 Å². The summed E-state index contributed by atoms with van der Waals surface area (Å²) in [6.07, 6.45) is 1.24. The summed E-state index contributed by atoms with van der Waals surface area (Å²) in [7, 11) is 0. The Kier molecular flexibility index (Phi) is 5.42. The Morgan fingerprint density at radius 3 is 2.52 bits per heavy atom. The zero-order chi connectivity index (χ0) is 17.0. The van der Waals surface area contributed by atoms with Crippen molar-refractivity contribution < 1.29 is 19.4 Å². The van der Waals surface area contributed by atoms with E-state index in [0.29, 0.717) is 13.0 Å². The highest BCUT2D eigenvalue weighted by molar-refractivity contribution is 5.96. The molecule has 0 aliphatic carbocycles. The first-order valence-electron chi connectivity index (χ1n) is 8.01. The third-order valence-corrected chi connectivity index (χ3v) is 4.11. The molecule has 0 aromatic heterocycles. The van der Waals surface area contributed by atoms with E-state index in [1.165, 1.54) is 5.56 Å². The van der Waals surface area contributed by atoms with Crippen molar-refractivity contribution in [2.75, 3.05) is 18.1 Å². The third kappa shape index (κ3) is 4.55. The molecule has 23 heavy (non-hydrogen) atoms. The van der Waals surface area contributed by atoms with E-state index in [9.17, 15) is 9.59 Å². The Balaban J connectivity index is 2.03. The molecule has 0 saturated carbocycles. The van der Waals surface area contributed by atoms with Crippen LogP contribution in [-0.2, 0) is 19.7 Å². The van der Waals surface area contributed by atoms with E-state index in [0.717, 1.165) is 12.1 Å². The summed E-state index contributed by atoms with van der Waals surface area (Å²) in [5, 5.41) is 8.62. The fourth-order valence-electron chi connectivity index (χ4n) is 2.76. The lowest BCUT2D eigenvalue weighted by Gasteiger charge is -2.26. The summed E-state index contributed by atoms with van der Waals surface area (Å²) in [5.74, 6) is -0.775. The lowest BCUT2D eigenvalue weighted by molar-refractivity contribution is -0.138. The molecule has 5 nitrogen and oxygen atoms in total. The molecule has 1 N–H and O–H groups in total. The van der Waals surface area contributed by atoms with Gasteiger partial charge in [0, 0.05) is 12.1 Å². The number of carbonyl (C=O) groups is 2. The zero-order valence-corrected chi connectivity index (χ0v) is 14.0. The third-order valence-electron chi connectivity index (χ3n) is 4.11. The minimum Gasteiger partial charge on any atom is -0.481 e. The highest BCUT2D eigenvalue weighted by atomic mass is 16.5. The van der Waals surface area contributed by atoms with Gasteiger partial charge in [0.2, 0.25) is 5.91 Å². The molecule has 0 spiro atoms. The second kappa shape index (κ2) is 7.13. The quantitative estimate of drug-likeness (QED) is 0.819. The Morgan fingerprint density at radius 1 is 1.30 bits per heavy atom. The molecule has 0 bridgehead atoms. The number of aliphatic carboxylic acids is 1. The predicted molar refractivity (Wildman–Crippen MR) is 88.7 cm³/mol. The summed E-state index contributed by atoms with van der Waals surface area (Å²) < 4.78 is 5.43. The Labute approximate surface area is 137 Å². The maximum atomic E-state index is 12.2. The summed E-state index contributed by atoms with van der Waals surface area (Å²) in [6.45, 7) is 7.02. The second-order valence-electron chi connectivity index (χ2n) is 6.97. The number of nitrogens with zero attached hydrogens (tertiary/aromatic N) is 1. The molecule has 1 atom stereocenters. The van der Waals surface area contributed by atoms with Gasteiger partial charge in [-0.3, -0.25) is 9.59 Å². The maximum Gasteiger partial charge on any atom is 0.305 e. The molecule has 0 radical (unpaired) electrons. The minimum absolute atomic E-state index is 0.0130. The molecule has 0 unspecified atom stereocenters. The van der Waals surface area contributed by atoms with Crippen LogP contribution in [0, 0.1) is 0 Å². The zero-order valence-electron chi connectivity index (χ0n) is 14.0. The van der Waals surface area contributed by atoms with Crippen LogP contribution in [0.1, 0.15) is 45.6 Å². The lowest BCUT2D eigenvalue weighted by Crippen LogP contribution is -2.36. The van der Waals surface area contributed by atoms with Crippen LogP contribution in [0.25, 0.3) is 0 Å². The van der Waals surface area contributed by atoms with Gasteiger partial charge in [-0.2, -0.15) is 0 Å². The molecule has 1 aliphatic rings. The topological polar surface area (TPSA) is 66.8 Å². The van der Waals surface area contributed by atoms with Gasteiger partial charge in [-0.15, -0.1) is 0 Å². The first-order valence-corrected chi connectivity index (χ1v) is 8.01. The smallest absolute Gasteiger partial charge is 0.305 e. The maximum absolute atomic E-state index is 12.2. The number of anilines is 1. The van der Waals surface area contributed by atoms with Crippen LogP contribution >= 0.6 is 0 Å². The predicted octanol–water partition coefficient (Wildman–Crippen LogP) is 2.97. The number of carboxylic acid groups (broad SMARTS) is 1. The molecule has 1 aliphatic heterocycles. The fraction of sp³-hybridized carbons (Fsp3) is 0.556. The molecular formula is C18H25NO4. The van der Waals surface area contributed by atoms with Crippen LogP contribution in [-0.4, -0.2) is 36.2 Å². The summed E-state index contributed by atoms with van der Waals surface area (Å²) in [4.78, 5) is 24.5. The van der Waals surface area contributed by atoms with Crippen LogP contribution < -0.4 is 4.90 Å². The molecule has 1 amide bonds. The van der Waals surface area contributed by atoms with E-state index in [1.54, 1.807) is 4.90 Å². The van der Waals surface area contributed by atoms with E-state index >= 15 is 0 Å². The Hall–Kier alpha value is -1.88. The largest absolute Gasteiger partial charge is 0.481 e. The van der Waals surface area contributed by atoms with E-state index in [4.69, 9.17) is 9.84 Å². The molecule has 1 aromatic rings. The van der Waals surface area contributed by atoms with Crippen LogP contribution in [0.4, 0.5) is 5.69 Å². The van der Waals surface area contributed by atoms with Gasteiger partial charge in [0.15, 0.2) is 0 Å². The van der Waals surface area contributed by atoms with Crippen LogP contribution in [0.2, 0.25) is 0 Å². The van der Waals surface area contributed by atoms with Gasteiger partial charge in [0.05, 0.1) is 25.7 Å². The molecule has 1 aromatic carbocycles. The van der Waals surface area contributed by atoms with Gasteiger partial charge < -0.3 is 14.7 Å². The first kappa shape index (κ1) is 17.5. The number of ether oxygens (including phenoxy) is 1. The molecule has 1 fully saturated rings. The summed E-state index contributed by atoms with van der Waals surface area (Å²) in [5.41, 5.74) is 2.18. The van der Waals surface area contributed by atoms with Crippen LogP contribution in [0.3, 0.4) is 0 Å². The van der Waals surface area contributed by atoms with E-state index in [1.807, 2.05) is 12.1 Å². The number of amides is 1. The van der Waals surface area contributed by atoms with Crippen molar-refractivity contribution in [2.45, 2.75) is 51.5 Å². The summed E-state index contributed by atoms with van der Waals surface area (Å²) >= 11 is 0. The highest BCUT2D eigenvalue weighted by Crippen LogP contribution is 2.29. The SMILES string of the molecule is CC(C)(C)c1ccc(N2C(=O)CC[C@@H]2COCCC(=O)O)cc1. The fourth-order valence-corrected chi connectivity index (χ4v) is 2.76. The molecule has 2 rings (SSSR count). The number of carbonyl (C=O) groups excluding carboxylic acids is 1. The molecular weight excluding hydrogens is 294 g/mol. The molecule has 1 heterocycles. The number of hydrogen-bond donors (Lipinski definition) is 1. The minimum atomic E-state index is -0.873. The van der Waals surface area contributed by atoms with Gasteiger partial charge in [0.1, 0.15) is 0 Å².